The normalized spacial score (nSPS) is 17.1. The monoisotopic (exact) mass is 271 g/mol. The van der Waals surface area contributed by atoms with Crippen molar-refractivity contribution in [3.05, 3.63) is 35.4 Å². The predicted octanol–water partition coefficient (Wildman–Crippen LogP) is 3.26. The summed E-state index contributed by atoms with van der Waals surface area (Å²) in [5.41, 5.74) is 0.0798. The molecule has 1 aliphatic carbocycles. The maximum atomic E-state index is 12.5. The first kappa shape index (κ1) is 13.9. The molecule has 1 aromatic rings. The Hall–Kier alpha value is -1.52. The minimum Gasteiger partial charge on any atom is -0.355 e. The van der Waals surface area contributed by atoms with E-state index in [2.05, 4.69) is 5.32 Å². The van der Waals surface area contributed by atoms with E-state index in [4.69, 9.17) is 0 Å². The van der Waals surface area contributed by atoms with Crippen LogP contribution in [-0.4, -0.2) is 12.5 Å². The second kappa shape index (κ2) is 4.87. The highest BCUT2D eigenvalue weighted by atomic mass is 19.4. The van der Waals surface area contributed by atoms with Crippen molar-refractivity contribution in [3.63, 3.8) is 0 Å². The Morgan fingerprint density at radius 2 is 1.84 bits per heavy atom. The standard InChI is InChI=1S/C14H16F3NO/c1-2-12(19)18-9-13(7-8-13)10-3-5-11(6-4-10)14(15,16)17/h3-6H,2,7-9H2,1H3,(H,18,19). The molecule has 104 valence electrons. The molecule has 0 aliphatic heterocycles. The van der Waals surface area contributed by atoms with Crippen LogP contribution in [0.3, 0.4) is 0 Å². The molecule has 0 spiro atoms. The van der Waals surface area contributed by atoms with Crippen LogP contribution in [0.2, 0.25) is 0 Å². The number of amides is 1. The third-order valence-electron chi connectivity index (χ3n) is 3.62. The van der Waals surface area contributed by atoms with Crippen molar-refractivity contribution in [2.75, 3.05) is 6.54 Å². The number of benzene rings is 1. The van der Waals surface area contributed by atoms with E-state index in [9.17, 15) is 18.0 Å². The summed E-state index contributed by atoms with van der Waals surface area (Å²) in [6, 6.07) is 5.26. The number of nitrogens with one attached hydrogen (secondary N) is 1. The van der Waals surface area contributed by atoms with Gasteiger partial charge in [-0.05, 0) is 30.5 Å². The van der Waals surface area contributed by atoms with Gasteiger partial charge < -0.3 is 5.32 Å². The van der Waals surface area contributed by atoms with Crippen LogP contribution in [0, 0.1) is 0 Å². The van der Waals surface area contributed by atoms with Gasteiger partial charge in [0.1, 0.15) is 0 Å². The van der Waals surface area contributed by atoms with Crippen LogP contribution >= 0.6 is 0 Å². The molecule has 1 fully saturated rings. The fraction of sp³-hybridized carbons (Fsp3) is 0.500. The van der Waals surface area contributed by atoms with Crippen molar-refractivity contribution in [1.82, 2.24) is 5.32 Å². The van der Waals surface area contributed by atoms with E-state index in [-0.39, 0.29) is 11.3 Å². The van der Waals surface area contributed by atoms with E-state index < -0.39 is 11.7 Å². The van der Waals surface area contributed by atoms with Crippen molar-refractivity contribution in [1.29, 1.82) is 0 Å². The van der Waals surface area contributed by atoms with Gasteiger partial charge in [0, 0.05) is 18.4 Å². The number of alkyl halides is 3. The summed E-state index contributed by atoms with van der Waals surface area (Å²) in [5.74, 6) is -0.0295. The molecule has 0 saturated heterocycles. The van der Waals surface area contributed by atoms with Crippen molar-refractivity contribution in [2.45, 2.75) is 37.8 Å². The van der Waals surface area contributed by atoms with Crippen LogP contribution in [0.15, 0.2) is 24.3 Å². The summed E-state index contributed by atoms with van der Waals surface area (Å²) in [7, 11) is 0. The van der Waals surface area contributed by atoms with Crippen LogP contribution < -0.4 is 5.32 Å². The summed E-state index contributed by atoms with van der Waals surface area (Å²) >= 11 is 0. The fourth-order valence-electron chi connectivity index (χ4n) is 2.12. The van der Waals surface area contributed by atoms with Gasteiger partial charge in [-0.1, -0.05) is 19.1 Å². The van der Waals surface area contributed by atoms with Gasteiger partial charge in [-0.3, -0.25) is 4.79 Å². The van der Waals surface area contributed by atoms with Crippen LogP contribution in [-0.2, 0) is 16.4 Å². The lowest BCUT2D eigenvalue weighted by molar-refractivity contribution is -0.137. The first-order valence-corrected chi connectivity index (χ1v) is 6.32. The summed E-state index contributed by atoms with van der Waals surface area (Å²) in [6.45, 7) is 2.28. The third-order valence-corrected chi connectivity index (χ3v) is 3.62. The van der Waals surface area contributed by atoms with E-state index >= 15 is 0 Å². The van der Waals surface area contributed by atoms with Crippen molar-refractivity contribution >= 4 is 5.91 Å². The van der Waals surface area contributed by atoms with E-state index in [1.165, 1.54) is 12.1 Å². The van der Waals surface area contributed by atoms with E-state index in [0.29, 0.717) is 13.0 Å². The number of hydrogen-bond acceptors (Lipinski definition) is 1. The van der Waals surface area contributed by atoms with Crippen LogP contribution in [0.1, 0.15) is 37.3 Å². The summed E-state index contributed by atoms with van der Waals surface area (Å²) in [6.07, 6.45) is -2.07. The van der Waals surface area contributed by atoms with Gasteiger partial charge in [-0.25, -0.2) is 0 Å². The number of carbonyl (C=O) groups is 1. The molecule has 0 unspecified atom stereocenters. The Kier molecular flexibility index (Phi) is 3.56. The molecule has 0 atom stereocenters. The van der Waals surface area contributed by atoms with Crippen molar-refractivity contribution in [3.8, 4) is 0 Å². The molecular formula is C14H16F3NO. The summed E-state index contributed by atoms with van der Waals surface area (Å²) < 4.78 is 37.4. The molecule has 1 N–H and O–H groups in total. The average molecular weight is 271 g/mol. The molecule has 1 aromatic carbocycles. The SMILES string of the molecule is CCC(=O)NCC1(c2ccc(C(F)(F)F)cc2)CC1. The molecule has 19 heavy (non-hydrogen) atoms. The Labute approximate surface area is 110 Å². The lowest BCUT2D eigenvalue weighted by Gasteiger charge is -2.17. The van der Waals surface area contributed by atoms with E-state index in [0.717, 1.165) is 30.5 Å². The molecule has 1 amide bonds. The Morgan fingerprint density at radius 1 is 1.26 bits per heavy atom. The Balaban J connectivity index is 2.07. The molecule has 1 aliphatic rings. The molecule has 5 heteroatoms. The quantitative estimate of drug-likeness (QED) is 0.894. The highest BCUT2D eigenvalue weighted by molar-refractivity contribution is 5.75. The Bertz CT molecular complexity index is 461. The van der Waals surface area contributed by atoms with Crippen molar-refractivity contribution in [2.24, 2.45) is 0 Å². The van der Waals surface area contributed by atoms with Gasteiger partial charge in [0.05, 0.1) is 5.56 Å². The zero-order valence-corrected chi connectivity index (χ0v) is 10.7. The number of carbonyl (C=O) groups excluding carboxylic acids is 1. The fourth-order valence-corrected chi connectivity index (χ4v) is 2.12. The van der Waals surface area contributed by atoms with Gasteiger partial charge in [0.25, 0.3) is 0 Å². The highest BCUT2D eigenvalue weighted by Crippen LogP contribution is 2.48. The first-order chi connectivity index (χ1) is 8.87. The maximum Gasteiger partial charge on any atom is 0.416 e. The van der Waals surface area contributed by atoms with Gasteiger partial charge >= 0.3 is 6.18 Å². The average Bonchev–Trinajstić information content (AvgIpc) is 3.16. The smallest absolute Gasteiger partial charge is 0.355 e. The van der Waals surface area contributed by atoms with E-state index in [1.54, 1.807) is 6.92 Å². The molecule has 0 bridgehead atoms. The van der Waals surface area contributed by atoms with Crippen molar-refractivity contribution < 1.29 is 18.0 Å². The maximum absolute atomic E-state index is 12.5. The summed E-state index contributed by atoms with van der Waals surface area (Å²) in [5, 5.41) is 2.82. The lowest BCUT2D eigenvalue weighted by atomic mass is 9.95. The van der Waals surface area contributed by atoms with Crippen LogP contribution in [0.4, 0.5) is 13.2 Å². The molecule has 0 radical (unpaired) electrons. The number of halogens is 3. The minimum atomic E-state index is -4.30. The number of rotatable bonds is 4. The molecule has 0 heterocycles. The zero-order chi connectivity index (χ0) is 14.1. The first-order valence-electron chi connectivity index (χ1n) is 6.32. The third kappa shape index (κ3) is 3.08. The van der Waals surface area contributed by atoms with Crippen LogP contribution in [0.5, 0.6) is 0 Å². The molecule has 2 rings (SSSR count). The predicted molar refractivity (Wildman–Crippen MR) is 65.7 cm³/mol. The van der Waals surface area contributed by atoms with Crippen LogP contribution in [0.25, 0.3) is 0 Å². The zero-order valence-electron chi connectivity index (χ0n) is 10.7. The second-order valence-electron chi connectivity index (χ2n) is 4.99. The summed E-state index contributed by atoms with van der Waals surface area (Å²) in [4.78, 5) is 11.2. The van der Waals surface area contributed by atoms with E-state index in [1.807, 2.05) is 0 Å². The molecule has 0 aromatic heterocycles. The lowest BCUT2D eigenvalue weighted by Crippen LogP contribution is -2.31. The van der Waals surface area contributed by atoms with Gasteiger partial charge in [-0.15, -0.1) is 0 Å². The highest BCUT2D eigenvalue weighted by Gasteiger charge is 2.44. The van der Waals surface area contributed by atoms with Gasteiger partial charge in [0.15, 0.2) is 0 Å². The minimum absolute atomic E-state index is 0.0295. The second-order valence-corrected chi connectivity index (χ2v) is 4.99. The molecule has 2 nitrogen and oxygen atoms in total. The van der Waals surface area contributed by atoms with Gasteiger partial charge in [0.2, 0.25) is 5.91 Å². The molecular weight excluding hydrogens is 255 g/mol. The number of hydrogen-bond donors (Lipinski definition) is 1. The topological polar surface area (TPSA) is 29.1 Å². The Morgan fingerprint density at radius 3 is 2.26 bits per heavy atom. The van der Waals surface area contributed by atoms with Gasteiger partial charge in [-0.2, -0.15) is 13.2 Å². The molecule has 1 saturated carbocycles. The largest absolute Gasteiger partial charge is 0.416 e.